The number of hydrazine groups is 1. The van der Waals surface area contributed by atoms with Crippen LogP contribution in [0, 0.1) is 5.82 Å². The fourth-order valence-corrected chi connectivity index (χ4v) is 3.75. The van der Waals surface area contributed by atoms with E-state index in [2.05, 4.69) is 15.6 Å². The van der Waals surface area contributed by atoms with Crippen LogP contribution in [0.5, 0.6) is 11.5 Å². The summed E-state index contributed by atoms with van der Waals surface area (Å²) >= 11 is 0. The van der Waals surface area contributed by atoms with Crippen LogP contribution < -0.4 is 25.0 Å². The summed E-state index contributed by atoms with van der Waals surface area (Å²) in [7, 11) is -2.28. The highest BCUT2D eigenvalue weighted by Gasteiger charge is 2.14. The second kappa shape index (κ2) is 11.7. The number of carbonyl (C=O) groups excluding carboxylic acids is 2. The van der Waals surface area contributed by atoms with E-state index in [4.69, 9.17) is 9.47 Å². The van der Waals surface area contributed by atoms with Gasteiger partial charge in [-0.05, 0) is 72.3 Å². The van der Waals surface area contributed by atoms with Gasteiger partial charge in [0.1, 0.15) is 17.3 Å². The molecule has 2 amide bonds. The summed E-state index contributed by atoms with van der Waals surface area (Å²) in [6, 6.07) is 17.4. The predicted octanol–water partition coefficient (Wildman–Crippen LogP) is 2.87. The summed E-state index contributed by atoms with van der Waals surface area (Å²) in [6.07, 6.45) is 2.62. The minimum absolute atomic E-state index is 0.0448. The first kappa shape index (κ1) is 25.2. The lowest BCUT2D eigenvalue weighted by atomic mass is 10.2. The van der Waals surface area contributed by atoms with Gasteiger partial charge in [0.25, 0.3) is 21.8 Å². The summed E-state index contributed by atoms with van der Waals surface area (Å²) < 4.78 is 50.6. The molecule has 0 unspecified atom stereocenters. The number of halogens is 1. The van der Waals surface area contributed by atoms with Crippen LogP contribution in [0.3, 0.4) is 0 Å². The third-order valence-corrected chi connectivity index (χ3v) is 5.87. The number of ether oxygens (including phenoxy) is 2. The maximum absolute atomic E-state index is 12.8. The topological polar surface area (TPSA) is 123 Å². The first-order chi connectivity index (χ1) is 16.7. The molecule has 9 nitrogen and oxygen atoms in total. The second-order valence-corrected chi connectivity index (χ2v) is 8.70. The smallest absolute Gasteiger partial charge is 0.276 e. The van der Waals surface area contributed by atoms with Gasteiger partial charge < -0.3 is 9.47 Å². The van der Waals surface area contributed by atoms with Crippen LogP contribution >= 0.6 is 0 Å². The van der Waals surface area contributed by atoms with Gasteiger partial charge in [0.05, 0.1) is 12.0 Å². The lowest BCUT2D eigenvalue weighted by Gasteiger charge is -2.09. The number of rotatable bonds is 9. The SMILES string of the molecule is COc1ccc(NS(=O)(=O)c2ccc(/C=C/C(=O)NNC(=O)COc3ccc(F)cc3)cc2)cc1. The number of sulfonamides is 1. The highest BCUT2D eigenvalue weighted by molar-refractivity contribution is 7.92. The second-order valence-electron chi connectivity index (χ2n) is 7.02. The Morgan fingerprint density at radius 2 is 1.51 bits per heavy atom. The zero-order valence-electron chi connectivity index (χ0n) is 18.5. The molecule has 0 saturated carbocycles. The molecule has 0 heterocycles. The first-order valence-electron chi connectivity index (χ1n) is 10.2. The molecule has 3 N–H and O–H groups in total. The van der Waals surface area contributed by atoms with Gasteiger partial charge in [-0.3, -0.25) is 25.2 Å². The van der Waals surface area contributed by atoms with Crippen LogP contribution in [0.4, 0.5) is 10.1 Å². The number of anilines is 1. The van der Waals surface area contributed by atoms with Gasteiger partial charge in [-0.25, -0.2) is 12.8 Å². The third kappa shape index (κ3) is 7.86. The van der Waals surface area contributed by atoms with Gasteiger partial charge in [0.15, 0.2) is 6.61 Å². The van der Waals surface area contributed by atoms with Crippen molar-refractivity contribution in [2.75, 3.05) is 18.4 Å². The summed E-state index contributed by atoms with van der Waals surface area (Å²) in [5, 5.41) is 0. The van der Waals surface area contributed by atoms with Gasteiger partial charge in [-0.2, -0.15) is 0 Å². The third-order valence-electron chi connectivity index (χ3n) is 4.47. The van der Waals surface area contributed by atoms with Gasteiger partial charge in [-0.1, -0.05) is 12.1 Å². The van der Waals surface area contributed by atoms with E-state index in [1.54, 1.807) is 24.3 Å². The molecule has 0 aromatic heterocycles. The standard InChI is InChI=1S/C24H22FN3O6S/c1-33-20-11-7-19(8-12-20)28-35(31,32)22-13-2-17(3-14-22)4-15-23(29)26-27-24(30)16-34-21-9-5-18(25)6-10-21/h2-15,28H,16H2,1H3,(H,26,29)(H,27,30)/b15-4+. The number of benzene rings is 3. The maximum Gasteiger partial charge on any atom is 0.276 e. The fourth-order valence-electron chi connectivity index (χ4n) is 2.69. The summed E-state index contributed by atoms with van der Waals surface area (Å²) in [5.74, 6) is -0.751. The molecule has 0 aliphatic heterocycles. The van der Waals surface area contributed by atoms with Gasteiger partial charge >= 0.3 is 0 Å². The molecule has 0 saturated heterocycles. The van der Waals surface area contributed by atoms with E-state index in [-0.39, 0.29) is 11.5 Å². The number of amides is 2. The average molecular weight is 500 g/mol. The van der Waals surface area contributed by atoms with Crippen molar-refractivity contribution in [2.24, 2.45) is 0 Å². The van der Waals surface area contributed by atoms with Crippen molar-refractivity contribution in [3.63, 3.8) is 0 Å². The number of hydrogen-bond acceptors (Lipinski definition) is 6. The van der Waals surface area contributed by atoms with Crippen LogP contribution in [0.15, 0.2) is 83.8 Å². The molecule has 3 aromatic rings. The Balaban J connectivity index is 1.47. The largest absolute Gasteiger partial charge is 0.497 e. The average Bonchev–Trinajstić information content (AvgIpc) is 2.86. The minimum Gasteiger partial charge on any atom is -0.497 e. The molecule has 182 valence electrons. The molecule has 0 atom stereocenters. The molecule has 0 aliphatic carbocycles. The molecule has 11 heteroatoms. The molecule has 3 rings (SSSR count). The van der Waals surface area contributed by atoms with Crippen LogP contribution in [0.2, 0.25) is 0 Å². The van der Waals surface area contributed by atoms with Crippen LogP contribution in [-0.4, -0.2) is 33.9 Å². The quantitative estimate of drug-likeness (QED) is 0.307. The molecular weight excluding hydrogens is 477 g/mol. The van der Waals surface area contributed by atoms with Crippen molar-refractivity contribution in [1.82, 2.24) is 10.9 Å². The summed E-state index contributed by atoms with van der Waals surface area (Å²) in [5.41, 5.74) is 5.31. The lowest BCUT2D eigenvalue weighted by Crippen LogP contribution is -2.43. The van der Waals surface area contributed by atoms with Crippen molar-refractivity contribution in [3.05, 3.63) is 90.3 Å². The molecular formula is C24H22FN3O6S. The van der Waals surface area contributed by atoms with Crippen molar-refractivity contribution in [2.45, 2.75) is 4.90 Å². The number of nitrogens with one attached hydrogen (secondary N) is 3. The molecule has 3 aromatic carbocycles. The number of carbonyl (C=O) groups is 2. The number of methoxy groups -OCH3 is 1. The van der Waals surface area contributed by atoms with Crippen molar-refractivity contribution in [1.29, 1.82) is 0 Å². The summed E-state index contributed by atoms with van der Waals surface area (Å²) in [4.78, 5) is 23.7. The van der Waals surface area contributed by atoms with Gasteiger partial charge in [0, 0.05) is 11.8 Å². The Bertz CT molecular complexity index is 1290. The molecule has 35 heavy (non-hydrogen) atoms. The normalized spacial score (nSPS) is 11.0. The van der Waals surface area contributed by atoms with E-state index < -0.39 is 27.7 Å². The zero-order chi connectivity index (χ0) is 25.3. The Hall–Kier alpha value is -4.38. The van der Waals surface area contributed by atoms with E-state index in [9.17, 15) is 22.4 Å². The van der Waals surface area contributed by atoms with E-state index in [1.165, 1.54) is 67.8 Å². The molecule has 0 fully saturated rings. The molecule has 0 aliphatic rings. The van der Waals surface area contributed by atoms with E-state index in [0.29, 0.717) is 22.7 Å². The van der Waals surface area contributed by atoms with Crippen LogP contribution in [0.25, 0.3) is 6.08 Å². The summed E-state index contributed by atoms with van der Waals surface area (Å²) in [6.45, 7) is -0.379. The maximum atomic E-state index is 12.8. The Labute approximate surface area is 201 Å². The van der Waals surface area contributed by atoms with E-state index >= 15 is 0 Å². The zero-order valence-corrected chi connectivity index (χ0v) is 19.3. The first-order valence-corrected chi connectivity index (χ1v) is 11.7. The lowest BCUT2D eigenvalue weighted by molar-refractivity contribution is -0.128. The van der Waals surface area contributed by atoms with Crippen molar-refractivity contribution in [3.8, 4) is 11.5 Å². The predicted molar refractivity (Wildman–Crippen MR) is 127 cm³/mol. The van der Waals surface area contributed by atoms with Crippen molar-refractivity contribution < 1.29 is 31.9 Å². The van der Waals surface area contributed by atoms with E-state index in [1.807, 2.05) is 0 Å². The van der Waals surface area contributed by atoms with E-state index in [0.717, 1.165) is 0 Å². The molecule has 0 spiro atoms. The van der Waals surface area contributed by atoms with Gasteiger partial charge in [-0.15, -0.1) is 0 Å². The van der Waals surface area contributed by atoms with Crippen molar-refractivity contribution >= 4 is 33.6 Å². The van der Waals surface area contributed by atoms with Crippen LogP contribution in [0.1, 0.15) is 5.56 Å². The Morgan fingerprint density at radius 1 is 0.886 bits per heavy atom. The fraction of sp³-hybridized carbons (Fsp3) is 0.0833. The highest BCUT2D eigenvalue weighted by Crippen LogP contribution is 2.20. The molecule has 0 radical (unpaired) electrons. The molecule has 0 bridgehead atoms. The Kier molecular flexibility index (Phi) is 8.41. The van der Waals surface area contributed by atoms with Crippen LogP contribution in [-0.2, 0) is 19.6 Å². The highest BCUT2D eigenvalue weighted by atomic mass is 32.2. The van der Waals surface area contributed by atoms with Gasteiger partial charge in [0.2, 0.25) is 0 Å². The minimum atomic E-state index is -3.80. The number of hydrogen-bond donors (Lipinski definition) is 3. The Morgan fingerprint density at radius 3 is 2.14 bits per heavy atom. The monoisotopic (exact) mass is 499 g/mol.